The molecule has 0 radical (unpaired) electrons. The van der Waals surface area contributed by atoms with Crippen LogP contribution >= 0.6 is 23.2 Å². The third-order valence-electron chi connectivity index (χ3n) is 4.99. The molecule has 196 valence electrons. The predicted molar refractivity (Wildman–Crippen MR) is 139 cm³/mol. The minimum Gasteiger partial charge on any atom is -0.478 e. The standard InChI is InChI=1S/C21H26Cl2N2O3.C4H4O4/c22-17-11-15(12-18(23)20(17)24)19(26)13-25-10-6-2-1-3-7-14-8-4-5-9-16(14)21(27)28;5-3(6)1-2-4(7)8/h4-5,8-9,11-12,19,25-26H,1-3,6-7,10,13,24H2,(H,27,28);1-2H,(H,5,6)(H,7,8)/b;2-1-. The molecule has 9 nitrogen and oxygen atoms in total. The first-order chi connectivity index (χ1) is 17.0. The number of carbonyl (C=O) groups is 3. The number of anilines is 1. The third-order valence-corrected chi connectivity index (χ3v) is 5.62. The molecule has 36 heavy (non-hydrogen) atoms. The van der Waals surface area contributed by atoms with Crippen molar-refractivity contribution < 1.29 is 34.8 Å². The van der Waals surface area contributed by atoms with Gasteiger partial charge in [0.15, 0.2) is 0 Å². The lowest BCUT2D eigenvalue weighted by molar-refractivity contribution is -0.134. The van der Waals surface area contributed by atoms with E-state index in [9.17, 15) is 24.6 Å². The van der Waals surface area contributed by atoms with Crippen molar-refractivity contribution in [1.29, 1.82) is 0 Å². The summed E-state index contributed by atoms with van der Waals surface area (Å²) in [6.07, 6.45) is 5.19. The van der Waals surface area contributed by atoms with E-state index in [0.717, 1.165) is 44.2 Å². The molecular formula is C25H30Cl2N2O7. The fourth-order valence-corrected chi connectivity index (χ4v) is 3.67. The van der Waals surface area contributed by atoms with Gasteiger partial charge in [0.25, 0.3) is 0 Å². The van der Waals surface area contributed by atoms with Crippen LogP contribution in [-0.2, 0) is 16.0 Å². The van der Waals surface area contributed by atoms with Crippen molar-refractivity contribution in [3.8, 4) is 0 Å². The van der Waals surface area contributed by atoms with Gasteiger partial charge in [-0.3, -0.25) is 0 Å². The molecule has 0 aliphatic rings. The van der Waals surface area contributed by atoms with E-state index in [0.29, 0.717) is 45.6 Å². The van der Waals surface area contributed by atoms with E-state index < -0.39 is 24.0 Å². The summed E-state index contributed by atoms with van der Waals surface area (Å²) < 4.78 is 0. The number of hydrogen-bond acceptors (Lipinski definition) is 6. The molecule has 2 rings (SSSR count). The van der Waals surface area contributed by atoms with Crippen LogP contribution in [0.1, 0.15) is 53.3 Å². The number of rotatable bonds is 13. The van der Waals surface area contributed by atoms with Gasteiger partial charge in [0, 0.05) is 18.7 Å². The van der Waals surface area contributed by atoms with Crippen LogP contribution in [0.3, 0.4) is 0 Å². The zero-order chi connectivity index (χ0) is 27.1. The number of hydrogen-bond donors (Lipinski definition) is 6. The number of aryl methyl sites for hydroxylation is 1. The van der Waals surface area contributed by atoms with Crippen LogP contribution in [0.15, 0.2) is 48.6 Å². The number of nitrogens with two attached hydrogens (primary N) is 1. The smallest absolute Gasteiger partial charge is 0.335 e. The van der Waals surface area contributed by atoms with Gasteiger partial charge in [0.1, 0.15) is 0 Å². The molecule has 7 N–H and O–H groups in total. The number of benzene rings is 2. The molecule has 2 aromatic rings. The summed E-state index contributed by atoms with van der Waals surface area (Å²) in [5.41, 5.74) is 7.93. The molecule has 0 aliphatic carbocycles. The van der Waals surface area contributed by atoms with Gasteiger partial charge < -0.3 is 31.5 Å². The van der Waals surface area contributed by atoms with Gasteiger partial charge in [0.05, 0.1) is 27.4 Å². The minimum atomic E-state index is -1.26. The highest BCUT2D eigenvalue weighted by Crippen LogP contribution is 2.31. The maximum atomic E-state index is 11.2. The minimum absolute atomic E-state index is 0.318. The Morgan fingerprint density at radius 3 is 2.03 bits per heavy atom. The van der Waals surface area contributed by atoms with E-state index in [2.05, 4.69) is 5.32 Å². The zero-order valence-corrected chi connectivity index (χ0v) is 21.0. The summed E-state index contributed by atoms with van der Waals surface area (Å²) in [6, 6.07) is 10.4. The number of aliphatic hydroxyl groups excluding tert-OH is 1. The summed E-state index contributed by atoms with van der Waals surface area (Å²) in [4.78, 5) is 30.3. The average Bonchev–Trinajstić information content (AvgIpc) is 2.83. The molecule has 0 spiro atoms. The van der Waals surface area contributed by atoms with Crippen LogP contribution in [0.2, 0.25) is 10.0 Å². The largest absolute Gasteiger partial charge is 0.478 e. The zero-order valence-electron chi connectivity index (χ0n) is 19.5. The Morgan fingerprint density at radius 1 is 0.917 bits per heavy atom. The number of aromatic carboxylic acids is 1. The maximum absolute atomic E-state index is 11.2. The van der Waals surface area contributed by atoms with Crippen LogP contribution in [-0.4, -0.2) is 51.4 Å². The SMILES string of the molecule is Nc1c(Cl)cc(C(O)CNCCCCCCc2ccccc2C(=O)O)cc1Cl.O=C(O)/C=C\C(=O)O. The number of nitrogen functional groups attached to an aromatic ring is 1. The van der Waals surface area contributed by atoms with E-state index in [1.54, 1.807) is 24.3 Å². The molecule has 2 aromatic carbocycles. The second-order valence-corrected chi connectivity index (χ2v) is 8.57. The van der Waals surface area contributed by atoms with Crippen LogP contribution in [0.4, 0.5) is 5.69 Å². The van der Waals surface area contributed by atoms with Crippen molar-refractivity contribution >= 4 is 46.8 Å². The maximum Gasteiger partial charge on any atom is 0.335 e. The highest BCUT2D eigenvalue weighted by atomic mass is 35.5. The lowest BCUT2D eigenvalue weighted by atomic mass is 10.0. The molecule has 0 fully saturated rings. The number of carboxylic acids is 3. The Balaban J connectivity index is 0.000000697. The van der Waals surface area contributed by atoms with Crippen molar-refractivity contribution in [3.05, 3.63) is 75.3 Å². The predicted octanol–water partition coefficient (Wildman–Crippen LogP) is 4.41. The second kappa shape index (κ2) is 16.5. The number of unbranched alkanes of at least 4 members (excludes halogenated alkanes) is 3. The first-order valence-electron chi connectivity index (χ1n) is 11.1. The number of carboxylic acid groups (broad SMARTS) is 3. The highest BCUT2D eigenvalue weighted by molar-refractivity contribution is 6.38. The summed E-state index contributed by atoms with van der Waals surface area (Å²) in [5, 5.41) is 38.9. The van der Waals surface area contributed by atoms with Gasteiger partial charge in [-0.2, -0.15) is 0 Å². The molecule has 0 saturated carbocycles. The monoisotopic (exact) mass is 540 g/mol. The van der Waals surface area contributed by atoms with Crippen LogP contribution in [0.5, 0.6) is 0 Å². The first kappa shape index (κ1) is 30.9. The van der Waals surface area contributed by atoms with Gasteiger partial charge in [0.2, 0.25) is 0 Å². The van der Waals surface area contributed by atoms with Gasteiger partial charge in [-0.1, -0.05) is 54.2 Å². The number of aliphatic hydroxyl groups is 1. The second-order valence-electron chi connectivity index (χ2n) is 7.75. The van der Waals surface area contributed by atoms with E-state index >= 15 is 0 Å². The Morgan fingerprint density at radius 2 is 1.47 bits per heavy atom. The van der Waals surface area contributed by atoms with Crippen LogP contribution in [0.25, 0.3) is 0 Å². The molecule has 0 bridgehead atoms. The van der Waals surface area contributed by atoms with Crippen LogP contribution in [0, 0.1) is 0 Å². The molecule has 0 heterocycles. The lowest BCUT2D eigenvalue weighted by Gasteiger charge is -2.14. The fraction of sp³-hybridized carbons (Fsp3) is 0.320. The molecule has 0 aliphatic heterocycles. The van der Waals surface area contributed by atoms with E-state index in [-0.39, 0.29) is 0 Å². The van der Waals surface area contributed by atoms with Crippen molar-refractivity contribution in [3.63, 3.8) is 0 Å². The highest BCUT2D eigenvalue weighted by Gasteiger charge is 2.12. The quantitative estimate of drug-likeness (QED) is 0.122. The van der Waals surface area contributed by atoms with Gasteiger partial charge in [-0.15, -0.1) is 0 Å². The van der Waals surface area contributed by atoms with Crippen molar-refractivity contribution in [2.45, 2.75) is 38.2 Å². The van der Waals surface area contributed by atoms with Crippen molar-refractivity contribution in [1.82, 2.24) is 5.32 Å². The summed E-state index contributed by atoms with van der Waals surface area (Å²) >= 11 is 12.0. The summed E-state index contributed by atoms with van der Waals surface area (Å²) in [6.45, 7) is 1.20. The molecular weight excluding hydrogens is 511 g/mol. The number of aliphatic carboxylic acids is 2. The fourth-order valence-electron chi connectivity index (χ4n) is 3.16. The normalized spacial score (nSPS) is 11.5. The Kier molecular flexibility index (Phi) is 14.2. The van der Waals surface area contributed by atoms with E-state index in [1.807, 2.05) is 12.1 Å². The van der Waals surface area contributed by atoms with Gasteiger partial charge >= 0.3 is 17.9 Å². The summed E-state index contributed by atoms with van der Waals surface area (Å²) in [7, 11) is 0. The first-order valence-corrected chi connectivity index (χ1v) is 11.9. The van der Waals surface area contributed by atoms with E-state index in [4.69, 9.17) is 39.1 Å². The lowest BCUT2D eigenvalue weighted by Crippen LogP contribution is -2.22. The van der Waals surface area contributed by atoms with Crippen molar-refractivity contribution in [2.75, 3.05) is 18.8 Å². The topological polar surface area (TPSA) is 170 Å². The van der Waals surface area contributed by atoms with Crippen LogP contribution < -0.4 is 11.1 Å². The number of halogens is 2. The third kappa shape index (κ3) is 12.0. The number of nitrogens with one attached hydrogen (secondary N) is 1. The molecule has 0 amide bonds. The molecule has 1 unspecified atom stereocenters. The van der Waals surface area contributed by atoms with Gasteiger partial charge in [-0.05, 0) is 55.1 Å². The Bertz CT molecular complexity index is 1020. The Hall–Kier alpha value is -3.11. The van der Waals surface area contributed by atoms with Gasteiger partial charge in [-0.25, -0.2) is 14.4 Å². The Labute approximate surface area is 219 Å². The van der Waals surface area contributed by atoms with E-state index in [1.165, 1.54) is 0 Å². The molecule has 1 atom stereocenters. The van der Waals surface area contributed by atoms with Crippen molar-refractivity contribution in [2.24, 2.45) is 0 Å². The summed E-state index contributed by atoms with van der Waals surface area (Å²) in [5.74, 6) is -3.39. The average molecular weight is 541 g/mol. The molecule has 0 aromatic heterocycles. The molecule has 11 heteroatoms. The molecule has 0 saturated heterocycles.